The van der Waals surface area contributed by atoms with Gasteiger partial charge in [-0.25, -0.2) is 4.79 Å². The molecule has 0 saturated carbocycles. The van der Waals surface area contributed by atoms with Gasteiger partial charge in [0.2, 0.25) is 0 Å². The van der Waals surface area contributed by atoms with Gasteiger partial charge in [-0.05, 0) is 19.8 Å². The Morgan fingerprint density at radius 1 is 1.41 bits per heavy atom. The number of aromatic nitrogens is 2. The van der Waals surface area contributed by atoms with E-state index in [-0.39, 0.29) is 23.0 Å². The molecule has 9 nitrogen and oxygen atoms in total. The second-order valence-electron chi connectivity index (χ2n) is 6.53. The molecule has 144 valence electrons. The van der Waals surface area contributed by atoms with Crippen molar-refractivity contribution in [1.82, 2.24) is 15.1 Å². The minimum atomic E-state index is -1.15. The standard InChI is InChI=1S/C18H22N4O5/c1-4-13-11(18(25)26)9-14(27-13)16(23)19-12-6-5-7-22(17(12)24)15-8-10(2)20-21(15)3/h8-9,12H,4-7H2,1-3H3,(H,19,23)(H,25,26). The second-order valence-corrected chi connectivity index (χ2v) is 6.53. The van der Waals surface area contributed by atoms with E-state index in [2.05, 4.69) is 10.4 Å². The lowest BCUT2D eigenvalue weighted by molar-refractivity contribution is -0.121. The summed E-state index contributed by atoms with van der Waals surface area (Å²) < 4.78 is 7.00. The van der Waals surface area contributed by atoms with Crippen molar-refractivity contribution in [3.05, 3.63) is 34.9 Å². The van der Waals surface area contributed by atoms with Crippen LogP contribution in [-0.4, -0.2) is 45.3 Å². The van der Waals surface area contributed by atoms with E-state index in [1.807, 2.05) is 13.0 Å². The number of hydrogen-bond donors (Lipinski definition) is 2. The summed E-state index contributed by atoms with van der Waals surface area (Å²) >= 11 is 0. The van der Waals surface area contributed by atoms with Crippen LogP contribution in [0, 0.1) is 6.92 Å². The largest absolute Gasteiger partial charge is 0.478 e. The molecule has 27 heavy (non-hydrogen) atoms. The smallest absolute Gasteiger partial charge is 0.339 e. The first-order valence-electron chi connectivity index (χ1n) is 8.80. The molecule has 2 amide bonds. The van der Waals surface area contributed by atoms with Crippen molar-refractivity contribution in [3.63, 3.8) is 0 Å². The van der Waals surface area contributed by atoms with Crippen molar-refractivity contribution >= 4 is 23.6 Å². The Kier molecular flexibility index (Phi) is 5.02. The number of hydrogen-bond acceptors (Lipinski definition) is 5. The fraction of sp³-hybridized carbons (Fsp3) is 0.444. The maximum absolute atomic E-state index is 12.8. The van der Waals surface area contributed by atoms with Gasteiger partial charge in [0.25, 0.3) is 11.8 Å². The van der Waals surface area contributed by atoms with Gasteiger partial charge in [0, 0.05) is 32.1 Å². The van der Waals surface area contributed by atoms with Gasteiger partial charge in [-0.3, -0.25) is 19.2 Å². The molecule has 0 bridgehead atoms. The number of aromatic carboxylic acids is 1. The monoisotopic (exact) mass is 374 g/mol. The third-order valence-electron chi connectivity index (χ3n) is 4.58. The molecule has 0 radical (unpaired) electrons. The molecule has 2 N–H and O–H groups in total. The summed E-state index contributed by atoms with van der Waals surface area (Å²) in [5.74, 6) is -1.17. The molecular weight excluding hydrogens is 352 g/mol. The van der Waals surface area contributed by atoms with Crippen molar-refractivity contribution in [3.8, 4) is 0 Å². The lowest BCUT2D eigenvalue weighted by Crippen LogP contribution is -2.52. The number of anilines is 1. The Morgan fingerprint density at radius 2 is 2.15 bits per heavy atom. The van der Waals surface area contributed by atoms with Gasteiger partial charge >= 0.3 is 5.97 Å². The normalized spacial score (nSPS) is 17.2. The van der Waals surface area contributed by atoms with Crippen LogP contribution in [0.15, 0.2) is 16.5 Å². The summed E-state index contributed by atoms with van der Waals surface area (Å²) in [6.07, 6.45) is 1.58. The molecule has 1 aliphatic rings. The van der Waals surface area contributed by atoms with Gasteiger partial charge in [0.1, 0.15) is 23.2 Å². The fourth-order valence-electron chi connectivity index (χ4n) is 3.30. The maximum atomic E-state index is 12.8. The number of amides is 2. The number of carbonyl (C=O) groups is 3. The van der Waals surface area contributed by atoms with E-state index in [4.69, 9.17) is 4.42 Å². The molecule has 1 aliphatic heterocycles. The quantitative estimate of drug-likeness (QED) is 0.819. The number of carboxylic acids is 1. The zero-order valence-electron chi connectivity index (χ0n) is 15.5. The molecule has 0 spiro atoms. The molecule has 3 heterocycles. The Balaban J connectivity index is 1.77. The molecule has 1 saturated heterocycles. The summed E-state index contributed by atoms with van der Waals surface area (Å²) in [5.41, 5.74) is 0.764. The van der Waals surface area contributed by atoms with Crippen LogP contribution in [0.1, 0.15) is 52.1 Å². The predicted molar refractivity (Wildman–Crippen MR) is 95.8 cm³/mol. The second kappa shape index (κ2) is 7.26. The van der Waals surface area contributed by atoms with Crippen LogP contribution < -0.4 is 10.2 Å². The minimum absolute atomic E-state index is 0.0374. The lowest BCUT2D eigenvalue weighted by Gasteiger charge is -2.32. The van der Waals surface area contributed by atoms with Gasteiger partial charge in [-0.15, -0.1) is 0 Å². The van der Waals surface area contributed by atoms with Gasteiger partial charge in [-0.2, -0.15) is 5.10 Å². The van der Waals surface area contributed by atoms with E-state index in [1.54, 1.807) is 23.6 Å². The van der Waals surface area contributed by atoms with Gasteiger partial charge in [0.15, 0.2) is 5.76 Å². The van der Waals surface area contributed by atoms with Crippen molar-refractivity contribution < 1.29 is 23.9 Å². The third-order valence-corrected chi connectivity index (χ3v) is 4.58. The Morgan fingerprint density at radius 3 is 2.70 bits per heavy atom. The van der Waals surface area contributed by atoms with Gasteiger partial charge in [0.05, 0.1) is 5.69 Å². The highest BCUT2D eigenvalue weighted by Crippen LogP contribution is 2.22. The van der Waals surface area contributed by atoms with Crippen LogP contribution in [0.5, 0.6) is 0 Å². The molecule has 3 rings (SSSR count). The maximum Gasteiger partial charge on any atom is 0.339 e. The van der Waals surface area contributed by atoms with Crippen LogP contribution in [0.25, 0.3) is 0 Å². The SMILES string of the molecule is CCc1oc(C(=O)NC2CCCN(c3cc(C)nn3C)C2=O)cc1C(=O)O. The number of furan rings is 1. The predicted octanol–water partition coefficient (Wildman–Crippen LogP) is 1.51. The topological polar surface area (TPSA) is 118 Å². The van der Waals surface area contributed by atoms with E-state index in [1.165, 1.54) is 6.07 Å². The van der Waals surface area contributed by atoms with E-state index in [9.17, 15) is 19.5 Å². The zero-order valence-corrected chi connectivity index (χ0v) is 15.5. The Hall–Kier alpha value is -3.10. The molecule has 0 aliphatic carbocycles. The van der Waals surface area contributed by atoms with Crippen LogP contribution >= 0.6 is 0 Å². The average molecular weight is 374 g/mol. The van der Waals surface area contributed by atoms with Crippen molar-refractivity contribution in [2.24, 2.45) is 7.05 Å². The lowest BCUT2D eigenvalue weighted by atomic mass is 10.0. The molecule has 1 atom stereocenters. The average Bonchev–Trinajstić information content (AvgIpc) is 3.20. The highest BCUT2D eigenvalue weighted by Gasteiger charge is 2.33. The van der Waals surface area contributed by atoms with E-state index >= 15 is 0 Å². The molecular formula is C18H22N4O5. The number of rotatable bonds is 5. The molecule has 1 fully saturated rings. The fourth-order valence-corrected chi connectivity index (χ4v) is 3.30. The summed E-state index contributed by atoms with van der Waals surface area (Å²) in [6, 6.07) is 2.32. The summed E-state index contributed by atoms with van der Waals surface area (Å²) in [7, 11) is 1.76. The number of piperidine rings is 1. The first kappa shape index (κ1) is 18.7. The summed E-state index contributed by atoms with van der Waals surface area (Å²) in [6.45, 7) is 4.14. The Labute approximate surface area is 155 Å². The first-order chi connectivity index (χ1) is 12.8. The highest BCUT2D eigenvalue weighted by molar-refractivity contribution is 6.02. The number of aryl methyl sites for hydroxylation is 3. The highest BCUT2D eigenvalue weighted by atomic mass is 16.4. The molecule has 2 aromatic heterocycles. The minimum Gasteiger partial charge on any atom is -0.478 e. The number of nitrogens with zero attached hydrogens (tertiary/aromatic N) is 3. The van der Waals surface area contributed by atoms with Gasteiger partial charge < -0.3 is 14.8 Å². The molecule has 0 aromatic carbocycles. The van der Waals surface area contributed by atoms with Crippen LogP contribution in [0.4, 0.5) is 5.82 Å². The number of nitrogens with one attached hydrogen (secondary N) is 1. The molecule has 1 unspecified atom stereocenters. The van der Waals surface area contributed by atoms with Crippen molar-refractivity contribution in [2.45, 2.75) is 39.2 Å². The summed E-state index contributed by atoms with van der Waals surface area (Å²) in [5, 5.41) is 16.1. The van der Waals surface area contributed by atoms with Gasteiger partial charge in [-0.1, -0.05) is 6.92 Å². The van der Waals surface area contributed by atoms with E-state index in [0.717, 1.165) is 12.1 Å². The third kappa shape index (κ3) is 3.57. The van der Waals surface area contributed by atoms with E-state index < -0.39 is 17.9 Å². The molecule has 2 aromatic rings. The first-order valence-corrected chi connectivity index (χ1v) is 8.80. The zero-order chi connectivity index (χ0) is 19.7. The van der Waals surface area contributed by atoms with Crippen LogP contribution in [0.2, 0.25) is 0 Å². The number of carbonyl (C=O) groups excluding carboxylic acids is 2. The van der Waals surface area contributed by atoms with Crippen LogP contribution in [0.3, 0.4) is 0 Å². The van der Waals surface area contributed by atoms with Crippen molar-refractivity contribution in [1.29, 1.82) is 0 Å². The number of carboxylic acid groups (broad SMARTS) is 1. The van der Waals surface area contributed by atoms with E-state index in [0.29, 0.717) is 25.2 Å². The Bertz CT molecular complexity index is 898. The van der Waals surface area contributed by atoms with Crippen molar-refractivity contribution in [2.75, 3.05) is 11.4 Å². The molecule has 9 heteroatoms. The summed E-state index contributed by atoms with van der Waals surface area (Å²) in [4.78, 5) is 38.2. The van der Waals surface area contributed by atoms with Crippen LogP contribution in [-0.2, 0) is 18.3 Å².